The number of nitrogens with one attached hydrogen (secondary N) is 1. The summed E-state index contributed by atoms with van der Waals surface area (Å²) in [6.45, 7) is 2.46. The third-order valence-electron chi connectivity index (χ3n) is 4.56. The molecular weight excluding hydrogens is 355 g/mol. The van der Waals surface area contributed by atoms with Crippen molar-refractivity contribution in [1.29, 1.82) is 0 Å². The van der Waals surface area contributed by atoms with Crippen LogP contribution in [0.4, 0.5) is 10.1 Å². The summed E-state index contributed by atoms with van der Waals surface area (Å²) in [5.41, 5.74) is 1.42. The summed E-state index contributed by atoms with van der Waals surface area (Å²) in [6, 6.07) is 12.4. The largest absolute Gasteiger partial charge is 0.326 e. The Morgan fingerprint density at radius 1 is 1.12 bits per heavy atom. The zero-order chi connectivity index (χ0) is 18.7. The Bertz CT molecular complexity index is 889. The molecule has 1 aliphatic heterocycles. The molecule has 2 aromatic rings. The van der Waals surface area contributed by atoms with Gasteiger partial charge in [0.25, 0.3) is 0 Å². The molecule has 0 atom stereocenters. The fourth-order valence-electron chi connectivity index (χ4n) is 3.06. The first kappa shape index (κ1) is 18.5. The summed E-state index contributed by atoms with van der Waals surface area (Å²) < 4.78 is 39.8. The maximum atomic E-state index is 12.9. The zero-order valence-corrected chi connectivity index (χ0v) is 15.3. The molecule has 7 heteroatoms. The predicted molar refractivity (Wildman–Crippen MR) is 97.7 cm³/mol. The van der Waals surface area contributed by atoms with Gasteiger partial charge in [-0.15, -0.1) is 0 Å². The fourth-order valence-corrected chi connectivity index (χ4v) is 4.64. The Morgan fingerprint density at radius 3 is 2.38 bits per heavy atom. The molecule has 0 aromatic heterocycles. The highest BCUT2D eigenvalue weighted by Crippen LogP contribution is 2.25. The Morgan fingerprint density at radius 2 is 1.77 bits per heavy atom. The minimum Gasteiger partial charge on any atom is -0.326 e. The number of hydrogen-bond donors (Lipinski definition) is 1. The van der Waals surface area contributed by atoms with Crippen LogP contribution in [-0.4, -0.2) is 31.7 Å². The van der Waals surface area contributed by atoms with Gasteiger partial charge in [0.05, 0.1) is 4.90 Å². The van der Waals surface area contributed by atoms with E-state index in [0.29, 0.717) is 31.6 Å². The average Bonchev–Trinajstić information content (AvgIpc) is 2.64. The Balaban J connectivity index is 1.61. The van der Waals surface area contributed by atoms with Gasteiger partial charge in [-0.25, -0.2) is 12.8 Å². The Kier molecular flexibility index (Phi) is 5.38. The summed E-state index contributed by atoms with van der Waals surface area (Å²) in [5.74, 6) is -0.786. The van der Waals surface area contributed by atoms with Crippen LogP contribution in [0.5, 0.6) is 0 Å². The van der Waals surface area contributed by atoms with E-state index < -0.39 is 10.0 Å². The van der Waals surface area contributed by atoms with E-state index in [0.717, 1.165) is 5.56 Å². The lowest BCUT2D eigenvalue weighted by molar-refractivity contribution is -0.120. The van der Waals surface area contributed by atoms with E-state index in [-0.39, 0.29) is 22.5 Å². The van der Waals surface area contributed by atoms with Gasteiger partial charge < -0.3 is 5.32 Å². The number of nitrogens with zero attached hydrogens (tertiary/aromatic N) is 1. The number of benzene rings is 2. The smallest absolute Gasteiger partial charge is 0.243 e. The maximum absolute atomic E-state index is 12.9. The van der Waals surface area contributed by atoms with E-state index in [1.54, 1.807) is 18.2 Å². The van der Waals surface area contributed by atoms with E-state index in [4.69, 9.17) is 0 Å². The second-order valence-electron chi connectivity index (χ2n) is 6.49. The fraction of sp³-hybridized carbons (Fsp3) is 0.316. The minimum atomic E-state index is -3.54. The molecule has 1 saturated heterocycles. The van der Waals surface area contributed by atoms with Crippen LogP contribution < -0.4 is 5.32 Å². The first-order valence-corrected chi connectivity index (χ1v) is 9.93. The molecule has 1 N–H and O–H groups in total. The van der Waals surface area contributed by atoms with Crippen LogP contribution in [0.2, 0.25) is 0 Å². The van der Waals surface area contributed by atoms with Crippen molar-refractivity contribution in [3.8, 4) is 0 Å². The van der Waals surface area contributed by atoms with Crippen LogP contribution >= 0.6 is 0 Å². The number of hydrogen-bond acceptors (Lipinski definition) is 3. The second-order valence-corrected chi connectivity index (χ2v) is 8.43. The first-order valence-electron chi connectivity index (χ1n) is 8.49. The van der Waals surface area contributed by atoms with Crippen molar-refractivity contribution in [1.82, 2.24) is 4.31 Å². The molecule has 1 amide bonds. The number of halogens is 1. The van der Waals surface area contributed by atoms with Gasteiger partial charge in [-0.1, -0.05) is 12.1 Å². The van der Waals surface area contributed by atoms with Crippen LogP contribution in [-0.2, 0) is 14.8 Å². The molecule has 5 nitrogen and oxygen atoms in total. The number of amides is 1. The van der Waals surface area contributed by atoms with Crippen molar-refractivity contribution < 1.29 is 17.6 Å². The number of aryl methyl sites for hydroxylation is 1. The van der Waals surface area contributed by atoms with Gasteiger partial charge in [-0.05, 0) is 61.7 Å². The maximum Gasteiger partial charge on any atom is 0.243 e. The van der Waals surface area contributed by atoms with E-state index in [1.165, 1.54) is 28.6 Å². The lowest BCUT2D eigenvalue weighted by Gasteiger charge is -2.30. The zero-order valence-electron chi connectivity index (χ0n) is 14.5. The first-order chi connectivity index (χ1) is 12.4. The normalized spacial score (nSPS) is 16.4. The number of carbonyl (C=O) groups excluding carboxylic acids is 1. The topological polar surface area (TPSA) is 66.5 Å². The molecule has 0 radical (unpaired) electrons. The number of rotatable bonds is 4. The molecule has 0 aliphatic carbocycles. The van der Waals surface area contributed by atoms with Gasteiger partial charge in [0.15, 0.2) is 0 Å². The summed E-state index contributed by atoms with van der Waals surface area (Å²) in [6.07, 6.45) is 0.913. The van der Waals surface area contributed by atoms with Crippen LogP contribution in [0.1, 0.15) is 18.4 Å². The molecule has 0 unspecified atom stereocenters. The number of carbonyl (C=O) groups is 1. The molecule has 1 fully saturated rings. The highest BCUT2D eigenvalue weighted by Gasteiger charge is 2.32. The van der Waals surface area contributed by atoms with Gasteiger partial charge in [0, 0.05) is 24.7 Å². The Hall–Kier alpha value is -2.25. The summed E-state index contributed by atoms with van der Waals surface area (Å²) in [4.78, 5) is 12.6. The van der Waals surface area contributed by atoms with Gasteiger partial charge in [0.2, 0.25) is 15.9 Å². The van der Waals surface area contributed by atoms with Crippen molar-refractivity contribution in [3.63, 3.8) is 0 Å². The van der Waals surface area contributed by atoms with Gasteiger partial charge in [0.1, 0.15) is 5.82 Å². The van der Waals surface area contributed by atoms with E-state index >= 15 is 0 Å². The number of piperidine rings is 1. The molecule has 0 spiro atoms. The minimum absolute atomic E-state index is 0.163. The predicted octanol–water partition coefficient (Wildman–Crippen LogP) is 3.17. The third-order valence-corrected chi connectivity index (χ3v) is 6.46. The third kappa shape index (κ3) is 4.11. The molecule has 2 aromatic carbocycles. The van der Waals surface area contributed by atoms with E-state index in [9.17, 15) is 17.6 Å². The van der Waals surface area contributed by atoms with Crippen LogP contribution in [0.3, 0.4) is 0 Å². The van der Waals surface area contributed by atoms with Gasteiger partial charge >= 0.3 is 0 Å². The van der Waals surface area contributed by atoms with Crippen LogP contribution in [0.15, 0.2) is 53.4 Å². The molecule has 0 bridgehead atoms. The monoisotopic (exact) mass is 376 g/mol. The van der Waals surface area contributed by atoms with Crippen LogP contribution in [0, 0.1) is 18.7 Å². The molecular formula is C19H21FN2O3S. The van der Waals surface area contributed by atoms with Crippen molar-refractivity contribution in [2.75, 3.05) is 18.4 Å². The summed E-state index contributed by atoms with van der Waals surface area (Å²) in [7, 11) is -3.54. The number of sulfonamides is 1. The highest BCUT2D eigenvalue weighted by atomic mass is 32.2. The average molecular weight is 376 g/mol. The van der Waals surface area contributed by atoms with Gasteiger partial charge in [-0.3, -0.25) is 4.79 Å². The molecule has 0 saturated carbocycles. The Labute approximate surface area is 152 Å². The van der Waals surface area contributed by atoms with Crippen molar-refractivity contribution >= 4 is 21.6 Å². The number of anilines is 1. The van der Waals surface area contributed by atoms with Crippen molar-refractivity contribution in [2.45, 2.75) is 24.7 Å². The molecule has 1 heterocycles. The molecule has 3 rings (SSSR count). The summed E-state index contributed by atoms with van der Waals surface area (Å²) in [5, 5.41) is 2.76. The molecule has 138 valence electrons. The van der Waals surface area contributed by atoms with Gasteiger partial charge in [-0.2, -0.15) is 4.31 Å². The van der Waals surface area contributed by atoms with Crippen molar-refractivity contribution in [2.24, 2.45) is 5.92 Å². The van der Waals surface area contributed by atoms with E-state index in [1.807, 2.05) is 13.0 Å². The second kappa shape index (κ2) is 7.55. The van der Waals surface area contributed by atoms with Crippen LogP contribution in [0.25, 0.3) is 0 Å². The molecule has 26 heavy (non-hydrogen) atoms. The van der Waals surface area contributed by atoms with E-state index in [2.05, 4.69) is 5.32 Å². The lowest BCUT2D eigenvalue weighted by Crippen LogP contribution is -2.41. The quantitative estimate of drug-likeness (QED) is 0.891. The summed E-state index contributed by atoms with van der Waals surface area (Å²) >= 11 is 0. The standard InChI is InChI=1S/C19H21FN2O3S/c1-14-3-2-4-18(13-14)26(24,25)22-11-9-15(10-12-22)19(23)21-17-7-5-16(20)6-8-17/h2-8,13,15H,9-12H2,1H3,(H,21,23). The highest BCUT2D eigenvalue weighted by molar-refractivity contribution is 7.89. The molecule has 1 aliphatic rings. The lowest BCUT2D eigenvalue weighted by atomic mass is 9.97. The SMILES string of the molecule is Cc1cccc(S(=O)(=O)N2CCC(C(=O)Nc3ccc(F)cc3)CC2)c1. The van der Waals surface area contributed by atoms with Crippen molar-refractivity contribution in [3.05, 3.63) is 59.9 Å².